The van der Waals surface area contributed by atoms with Crippen molar-refractivity contribution in [3.05, 3.63) is 72.6 Å². The Labute approximate surface area is 173 Å². The number of benzene rings is 3. The van der Waals surface area contributed by atoms with Crippen molar-refractivity contribution in [2.75, 3.05) is 0 Å². The van der Waals surface area contributed by atoms with E-state index in [2.05, 4.69) is 72.2 Å². The van der Waals surface area contributed by atoms with Gasteiger partial charge in [0.15, 0.2) is 0 Å². The second-order valence-corrected chi connectivity index (χ2v) is 7.70. The van der Waals surface area contributed by atoms with Gasteiger partial charge in [-0.25, -0.2) is 4.98 Å². The summed E-state index contributed by atoms with van der Waals surface area (Å²) >= 11 is 0. The fraction of sp³-hybridized carbons (Fsp3) is 0.346. The molecule has 0 amide bonds. The van der Waals surface area contributed by atoms with Crippen LogP contribution in [0.25, 0.3) is 21.8 Å². The molecule has 3 heteroatoms. The number of nitrogens with zero attached hydrogens (tertiary/aromatic N) is 2. The zero-order chi connectivity index (χ0) is 19.9. The van der Waals surface area contributed by atoms with E-state index in [1.54, 1.807) is 0 Å². The normalized spacial score (nSPS) is 11.3. The smallest absolute Gasteiger partial charge is 0.147 e. The van der Waals surface area contributed by atoms with Crippen LogP contribution in [0.5, 0.6) is 5.75 Å². The van der Waals surface area contributed by atoms with Gasteiger partial charge in [-0.1, -0.05) is 87.6 Å². The molecule has 0 atom stereocenters. The van der Waals surface area contributed by atoms with Crippen molar-refractivity contribution in [2.24, 2.45) is 0 Å². The van der Waals surface area contributed by atoms with Crippen LogP contribution in [0.3, 0.4) is 0 Å². The van der Waals surface area contributed by atoms with E-state index < -0.39 is 0 Å². The van der Waals surface area contributed by atoms with Gasteiger partial charge in [0.25, 0.3) is 0 Å². The summed E-state index contributed by atoms with van der Waals surface area (Å²) in [5, 5.41) is 2.35. The number of rotatable bonds is 10. The Morgan fingerprint density at radius 1 is 0.793 bits per heavy atom. The highest BCUT2D eigenvalue weighted by atomic mass is 16.5. The number of para-hydroxylation sites is 2. The first-order valence-corrected chi connectivity index (χ1v) is 10.9. The number of hydrogen-bond acceptors (Lipinski definition) is 2. The summed E-state index contributed by atoms with van der Waals surface area (Å²) in [6, 6.07) is 23.0. The van der Waals surface area contributed by atoms with Gasteiger partial charge >= 0.3 is 0 Å². The lowest BCUT2D eigenvalue weighted by molar-refractivity contribution is 0.293. The van der Waals surface area contributed by atoms with E-state index in [4.69, 9.17) is 9.72 Å². The fourth-order valence-corrected chi connectivity index (χ4v) is 4.00. The standard InChI is InChI=1S/C26H30N2O/c1-2-3-4-5-6-11-19-28-24-17-10-9-16-23(24)27-26(28)20-29-25-18-12-14-21-13-7-8-15-22(21)25/h7-10,12-18H,2-6,11,19-20H2,1H3. The van der Waals surface area contributed by atoms with E-state index in [1.165, 1.54) is 49.4 Å². The fourth-order valence-electron chi connectivity index (χ4n) is 4.00. The minimum absolute atomic E-state index is 0.485. The van der Waals surface area contributed by atoms with Gasteiger partial charge in [0.1, 0.15) is 18.2 Å². The largest absolute Gasteiger partial charge is 0.485 e. The lowest BCUT2D eigenvalue weighted by atomic mass is 10.1. The maximum absolute atomic E-state index is 6.25. The van der Waals surface area contributed by atoms with Crippen LogP contribution in [0.4, 0.5) is 0 Å². The second-order valence-electron chi connectivity index (χ2n) is 7.70. The Balaban J connectivity index is 1.50. The molecule has 3 nitrogen and oxygen atoms in total. The molecule has 1 heterocycles. The Morgan fingerprint density at radius 3 is 2.48 bits per heavy atom. The van der Waals surface area contributed by atoms with Crippen molar-refractivity contribution < 1.29 is 4.74 Å². The molecule has 0 radical (unpaired) electrons. The third-order valence-corrected chi connectivity index (χ3v) is 5.58. The average molecular weight is 387 g/mol. The predicted molar refractivity (Wildman–Crippen MR) is 121 cm³/mol. The first kappa shape index (κ1) is 19.5. The zero-order valence-corrected chi connectivity index (χ0v) is 17.3. The molecular weight excluding hydrogens is 356 g/mol. The quantitative estimate of drug-likeness (QED) is 0.271. The summed E-state index contributed by atoms with van der Waals surface area (Å²) in [6.45, 7) is 3.75. The molecule has 3 aromatic carbocycles. The third kappa shape index (κ3) is 4.61. The lowest BCUT2D eigenvalue weighted by Gasteiger charge is -2.12. The number of aryl methyl sites for hydroxylation is 1. The summed E-state index contributed by atoms with van der Waals surface area (Å²) in [7, 11) is 0. The van der Waals surface area contributed by atoms with Gasteiger partial charge in [-0.15, -0.1) is 0 Å². The van der Waals surface area contributed by atoms with Gasteiger partial charge in [-0.3, -0.25) is 0 Å². The first-order valence-electron chi connectivity index (χ1n) is 10.9. The third-order valence-electron chi connectivity index (χ3n) is 5.58. The van der Waals surface area contributed by atoms with Crippen molar-refractivity contribution >= 4 is 21.8 Å². The van der Waals surface area contributed by atoms with Crippen molar-refractivity contribution in [3.63, 3.8) is 0 Å². The molecule has 1 aromatic heterocycles. The molecule has 0 saturated carbocycles. The van der Waals surface area contributed by atoms with E-state index in [0.717, 1.165) is 29.0 Å². The molecule has 0 unspecified atom stereocenters. The minimum Gasteiger partial charge on any atom is -0.485 e. The molecule has 0 aliphatic carbocycles. The molecule has 150 valence electrons. The van der Waals surface area contributed by atoms with Crippen LogP contribution < -0.4 is 4.74 Å². The highest BCUT2D eigenvalue weighted by Crippen LogP contribution is 2.26. The van der Waals surface area contributed by atoms with Gasteiger partial charge in [-0.2, -0.15) is 0 Å². The maximum atomic E-state index is 6.25. The summed E-state index contributed by atoms with van der Waals surface area (Å²) in [5.74, 6) is 1.92. The van der Waals surface area contributed by atoms with Crippen LogP contribution >= 0.6 is 0 Å². The molecule has 0 saturated heterocycles. The number of hydrogen-bond donors (Lipinski definition) is 0. The van der Waals surface area contributed by atoms with E-state index in [-0.39, 0.29) is 0 Å². The predicted octanol–water partition coefficient (Wildman–Crippen LogP) is 7.13. The Bertz CT molecular complexity index is 1060. The van der Waals surface area contributed by atoms with Gasteiger partial charge in [0.05, 0.1) is 11.0 Å². The van der Waals surface area contributed by atoms with Crippen LogP contribution in [0.15, 0.2) is 66.7 Å². The maximum Gasteiger partial charge on any atom is 0.147 e. The molecular formula is C26H30N2O. The molecule has 0 spiro atoms. The van der Waals surface area contributed by atoms with E-state index in [0.29, 0.717) is 6.61 Å². The van der Waals surface area contributed by atoms with Crippen LogP contribution in [-0.4, -0.2) is 9.55 Å². The number of imidazole rings is 1. The lowest BCUT2D eigenvalue weighted by Crippen LogP contribution is -2.08. The van der Waals surface area contributed by atoms with Crippen LogP contribution in [-0.2, 0) is 13.2 Å². The summed E-state index contributed by atoms with van der Waals surface area (Å²) in [5.41, 5.74) is 2.26. The highest BCUT2D eigenvalue weighted by molar-refractivity contribution is 5.88. The van der Waals surface area contributed by atoms with Crippen LogP contribution in [0, 0.1) is 0 Å². The Morgan fingerprint density at radius 2 is 1.55 bits per heavy atom. The van der Waals surface area contributed by atoms with Gasteiger partial charge in [-0.05, 0) is 30.0 Å². The molecule has 0 fully saturated rings. The van der Waals surface area contributed by atoms with Crippen LogP contribution in [0.1, 0.15) is 51.3 Å². The van der Waals surface area contributed by atoms with Gasteiger partial charge in [0.2, 0.25) is 0 Å². The first-order chi connectivity index (χ1) is 14.4. The number of fused-ring (bicyclic) bond motifs is 2. The summed E-state index contributed by atoms with van der Waals surface area (Å²) in [6.07, 6.45) is 7.77. The molecule has 0 bridgehead atoms. The van der Waals surface area contributed by atoms with Crippen molar-refractivity contribution in [3.8, 4) is 5.75 Å². The van der Waals surface area contributed by atoms with Crippen LogP contribution in [0.2, 0.25) is 0 Å². The molecule has 4 aromatic rings. The average Bonchev–Trinajstić information content (AvgIpc) is 3.12. The number of aromatic nitrogens is 2. The van der Waals surface area contributed by atoms with Crippen molar-refractivity contribution in [2.45, 2.75) is 58.6 Å². The Kier molecular flexibility index (Phi) is 6.45. The molecule has 29 heavy (non-hydrogen) atoms. The number of unbranched alkanes of at least 4 members (excludes halogenated alkanes) is 5. The monoisotopic (exact) mass is 386 g/mol. The highest BCUT2D eigenvalue weighted by Gasteiger charge is 2.11. The van der Waals surface area contributed by atoms with Gasteiger partial charge in [0, 0.05) is 11.9 Å². The van der Waals surface area contributed by atoms with Gasteiger partial charge < -0.3 is 9.30 Å². The Hall–Kier alpha value is -2.81. The van der Waals surface area contributed by atoms with Crippen molar-refractivity contribution in [1.82, 2.24) is 9.55 Å². The van der Waals surface area contributed by atoms with E-state index in [9.17, 15) is 0 Å². The molecule has 4 rings (SSSR count). The topological polar surface area (TPSA) is 27.1 Å². The summed E-state index contributed by atoms with van der Waals surface area (Å²) < 4.78 is 8.60. The van der Waals surface area contributed by atoms with Crippen molar-refractivity contribution in [1.29, 1.82) is 0 Å². The number of ether oxygens (including phenoxy) is 1. The van der Waals surface area contributed by atoms with E-state index in [1.807, 2.05) is 6.07 Å². The van der Waals surface area contributed by atoms with E-state index >= 15 is 0 Å². The molecule has 0 N–H and O–H groups in total. The molecule has 0 aliphatic rings. The SMILES string of the molecule is CCCCCCCCn1c(COc2cccc3ccccc23)nc2ccccc21. The second kappa shape index (κ2) is 9.60. The molecule has 0 aliphatic heterocycles. The zero-order valence-electron chi connectivity index (χ0n) is 17.3. The minimum atomic E-state index is 0.485. The summed E-state index contributed by atoms with van der Waals surface area (Å²) in [4.78, 5) is 4.87.